The van der Waals surface area contributed by atoms with E-state index in [-0.39, 0.29) is 45.8 Å². The molecule has 35 heavy (non-hydrogen) atoms. The molecule has 0 bridgehead atoms. The van der Waals surface area contributed by atoms with Crippen LogP contribution in [0.25, 0.3) is 0 Å². The number of methoxy groups -OCH3 is 1. The van der Waals surface area contributed by atoms with Gasteiger partial charge in [0.15, 0.2) is 0 Å². The summed E-state index contributed by atoms with van der Waals surface area (Å²) in [5.74, 6) is -0.0852. The fraction of sp³-hybridized carbons (Fsp3) is 0.409. The number of nitrogens with zero attached hydrogens (tertiary/aromatic N) is 2. The number of hydrogen-bond acceptors (Lipinski definition) is 8. The molecule has 0 saturated carbocycles. The van der Waals surface area contributed by atoms with Crippen molar-refractivity contribution in [1.82, 2.24) is 9.21 Å². The molecule has 2 aliphatic rings. The Kier molecular flexibility index (Phi) is 7.62. The van der Waals surface area contributed by atoms with Crippen molar-refractivity contribution < 1.29 is 35.8 Å². The molecule has 2 aromatic carbocycles. The van der Waals surface area contributed by atoms with Gasteiger partial charge in [0.2, 0.25) is 10.0 Å². The fourth-order valence-corrected chi connectivity index (χ4v) is 6.30. The van der Waals surface area contributed by atoms with E-state index in [1.165, 1.54) is 53.9 Å². The van der Waals surface area contributed by atoms with Crippen LogP contribution in [-0.4, -0.2) is 91.7 Å². The molecule has 2 saturated heterocycles. The molecule has 0 atom stereocenters. The van der Waals surface area contributed by atoms with Crippen molar-refractivity contribution in [2.24, 2.45) is 0 Å². The maximum absolute atomic E-state index is 13.0. The first kappa shape index (κ1) is 25.4. The molecule has 0 spiro atoms. The van der Waals surface area contributed by atoms with Crippen LogP contribution in [0.3, 0.4) is 0 Å². The van der Waals surface area contributed by atoms with E-state index in [9.17, 15) is 21.6 Å². The molecule has 13 heteroatoms. The maximum Gasteiger partial charge on any atom is 0.261 e. The molecule has 0 aromatic heterocycles. The Morgan fingerprint density at radius 3 is 2.03 bits per heavy atom. The highest BCUT2D eigenvalue weighted by atomic mass is 32.2. The zero-order valence-corrected chi connectivity index (χ0v) is 20.8. The number of nitrogens with one attached hydrogen (secondary N) is 1. The van der Waals surface area contributed by atoms with Crippen LogP contribution in [0.2, 0.25) is 0 Å². The Morgan fingerprint density at radius 1 is 0.857 bits per heavy atom. The standard InChI is InChI=1S/C22H27N3O8S2/c1-31-21-7-6-19(16-20(21)22(26)24-8-12-32-13-9-24)34(27,28)23-17-2-4-18(5-3-17)35(29,30)25-10-14-33-15-11-25/h2-7,16,23H,8-15H2,1H3. The summed E-state index contributed by atoms with van der Waals surface area (Å²) in [6.45, 7) is 2.80. The first-order valence-electron chi connectivity index (χ1n) is 11.0. The van der Waals surface area contributed by atoms with Crippen LogP contribution in [0.4, 0.5) is 5.69 Å². The van der Waals surface area contributed by atoms with Gasteiger partial charge in [-0.05, 0) is 42.5 Å². The minimum atomic E-state index is -4.07. The maximum atomic E-state index is 13.0. The zero-order valence-electron chi connectivity index (χ0n) is 19.2. The molecule has 190 valence electrons. The molecule has 2 aromatic rings. The molecular formula is C22H27N3O8S2. The highest BCUT2D eigenvalue weighted by Crippen LogP contribution is 2.26. The number of morpholine rings is 2. The number of ether oxygens (including phenoxy) is 3. The van der Waals surface area contributed by atoms with Gasteiger partial charge in [0.25, 0.3) is 15.9 Å². The van der Waals surface area contributed by atoms with E-state index >= 15 is 0 Å². The van der Waals surface area contributed by atoms with Crippen molar-refractivity contribution in [3.8, 4) is 5.75 Å². The van der Waals surface area contributed by atoms with E-state index in [2.05, 4.69) is 4.72 Å². The van der Waals surface area contributed by atoms with E-state index in [4.69, 9.17) is 14.2 Å². The van der Waals surface area contributed by atoms with Crippen LogP contribution in [-0.2, 0) is 29.5 Å². The summed E-state index contributed by atoms with van der Waals surface area (Å²) in [6.07, 6.45) is 0. The molecule has 0 unspecified atom stereocenters. The van der Waals surface area contributed by atoms with Crippen LogP contribution < -0.4 is 9.46 Å². The molecule has 1 amide bonds. The molecule has 2 aliphatic heterocycles. The lowest BCUT2D eigenvalue weighted by Gasteiger charge is -2.27. The first-order valence-corrected chi connectivity index (χ1v) is 13.9. The minimum absolute atomic E-state index is 0.0604. The molecule has 0 radical (unpaired) electrons. The minimum Gasteiger partial charge on any atom is -0.496 e. The van der Waals surface area contributed by atoms with Crippen LogP contribution in [0.5, 0.6) is 5.75 Å². The van der Waals surface area contributed by atoms with Crippen molar-refractivity contribution in [1.29, 1.82) is 0 Å². The third kappa shape index (κ3) is 5.59. The van der Waals surface area contributed by atoms with Gasteiger partial charge >= 0.3 is 0 Å². The van der Waals surface area contributed by atoms with Crippen LogP contribution >= 0.6 is 0 Å². The van der Waals surface area contributed by atoms with E-state index in [0.717, 1.165) is 0 Å². The third-order valence-corrected chi connectivity index (χ3v) is 9.02. The number of anilines is 1. The molecule has 0 aliphatic carbocycles. The van der Waals surface area contributed by atoms with Crippen LogP contribution in [0.1, 0.15) is 10.4 Å². The summed E-state index contributed by atoms with van der Waals surface area (Å²) < 4.78 is 71.2. The van der Waals surface area contributed by atoms with Crippen molar-refractivity contribution in [3.05, 3.63) is 48.0 Å². The Morgan fingerprint density at radius 2 is 1.43 bits per heavy atom. The van der Waals surface area contributed by atoms with Gasteiger partial charge < -0.3 is 19.1 Å². The molecule has 2 heterocycles. The Balaban J connectivity index is 1.54. The molecule has 11 nitrogen and oxygen atoms in total. The average molecular weight is 526 g/mol. The summed E-state index contributed by atoms with van der Waals surface area (Å²) in [7, 11) is -6.36. The summed E-state index contributed by atoms with van der Waals surface area (Å²) in [4.78, 5) is 14.5. The molecular weight excluding hydrogens is 498 g/mol. The second-order valence-corrected chi connectivity index (χ2v) is 11.5. The fourth-order valence-electron chi connectivity index (χ4n) is 3.80. The van der Waals surface area contributed by atoms with Gasteiger partial charge in [-0.25, -0.2) is 16.8 Å². The van der Waals surface area contributed by atoms with Crippen LogP contribution in [0, 0.1) is 0 Å². The Bertz CT molecular complexity index is 1270. The topological polar surface area (TPSA) is 132 Å². The highest BCUT2D eigenvalue weighted by Gasteiger charge is 2.27. The van der Waals surface area contributed by atoms with Gasteiger partial charge in [-0.3, -0.25) is 9.52 Å². The monoisotopic (exact) mass is 525 g/mol. The normalized spacial score (nSPS) is 17.7. The highest BCUT2D eigenvalue weighted by molar-refractivity contribution is 7.92. The van der Waals surface area contributed by atoms with E-state index in [1.54, 1.807) is 4.90 Å². The quantitative estimate of drug-likeness (QED) is 0.566. The zero-order chi connectivity index (χ0) is 25.1. The lowest BCUT2D eigenvalue weighted by Crippen LogP contribution is -2.40. The van der Waals surface area contributed by atoms with E-state index < -0.39 is 20.0 Å². The second kappa shape index (κ2) is 10.5. The predicted molar refractivity (Wildman–Crippen MR) is 127 cm³/mol. The van der Waals surface area contributed by atoms with Gasteiger partial charge in [0, 0.05) is 31.9 Å². The number of hydrogen-bond donors (Lipinski definition) is 1. The average Bonchev–Trinajstić information content (AvgIpc) is 2.89. The lowest BCUT2D eigenvalue weighted by molar-refractivity contribution is 0.0300. The number of sulfonamides is 2. The van der Waals surface area contributed by atoms with Crippen molar-refractivity contribution in [3.63, 3.8) is 0 Å². The Labute approximate surface area is 204 Å². The van der Waals surface area contributed by atoms with Gasteiger partial charge in [-0.2, -0.15) is 4.31 Å². The number of carbonyl (C=O) groups excluding carboxylic acids is 1. The van der Waals surface area contributed by atoms with Crippen molar-refractivity contribution in [2.45, 2.75) is 9.79 Å². The predicted octanol–water partition coefficient (Wildman–Crippen LogP) is 0.989. The van der Waals surface area contributed by atoms with Gasteiger partial charge in [-0.1, -0.05) is 0 Å². The SMILES string of the molecule is COc1ccc(S(=O)(=O)Nc2ccc(S(=O)(=O)N3CCOCC3)cc2)cc1C(=O)N1CCOCC1. The summed E-state index contributed by atoms with van der Waals surface area (Å²) in [6, 6.07) is 9.52. The third-order valence-electron chi connectivity index (χ3n) is 5.72. The van der Waals surface area contributed by atoms with E-state index in [0.29, 0.717) is 39.5 Å². The van der Waals surface area contributed by atoms with Crippen molar-refractivity contribution in [2.75, 3.05) is 64.4 Å². The van der Waals surface area contributed by atoms with Gasteiger partial charge in [0.05, 0.1) is 48.9 Å². The number of rotatable bonds is 7. The number of benzene rings is 2. The number of amides is 1. The second-order valence-electron chi connectivity index (χ2n) is 7.91. The smallest absolute Gasteiger partial charge is 0.261 e. The van der Waals surface area contributed by atoms with Crippen LogP contribution in [0.15, 0.2) is 52.3 Å². The summed E-state index contributed by atoms with van der Waals surface area (Å²) >= 11 is 0. The molecule has 2 fully saturated rings. The van der Waals surface area contributed by atoms with Gasteiger partial charge in [-0.15, -0.1) is 0 Å². The first-order chi connectivity index (χ1) is 16.7. The summed E-state index contributed by atoms with van der Waals surface area (Å²) in [5.41, 5.74) is 0.312. The largest absolute Gasteiger partial charge is 0.496 e. The lowest BCUT2D eigenvalue weighted by atomic mass is 10.1. The van der Waals surface area contributed by atoms with Gasteiger partial charge in [0.1, 0.15) is 5.75 Å². The van der Waals surface area contributed by atoms with E-state index in [1.807, 2.05) is 0 Å². The molecule has 1 N–H and O–H groups in total. The molecule has 4 rings (SSSR count). The Hall–Kier alpha value is -2.71. The van der Waals surface area contributed by atoms with Crippen molar-refractivity contribution >= 4 is 31.6 Å². The number of carbonyl (C=O) groups is 1. The summed E-state index contributed by atoms with van der Waals surface area (Å²) in [5, 5.41) is 0.